The lowest BCUT2D eigenvalue weighted by Gasteiger charge is -2.25. The second-order valence-electron chi connectivity index (χ2n) is 5.52. The van der Waals surface area contributed by atoms with Crippen LogP contribution in [0, 0.1) is 0 Å². The number of rotatable bonds is 4. The first kappa shape index (κ1) is 16.2. The lowest BCUT2D eigenvalue weighted by atomic mass is 10.1. The molecular formula is C19H19N3OS. The Kier molecular flexibility index (Phi) is 4.91. The highest BCUT2D eigenvalue weighted by molar-refractivity contribution is 7.19. The fourth-order valence-corrected chi connectivity index (χ4v) is 3.19. The Hall–Kier alpha value is -2.66. The Morgan fingerprint density at radius 2 is 1.71 bits per heavy atom. The number of hydrogen-bond acceptors (Lipinski definition) is 3. The first-order valence-electron chi connectivity index (χ1n) is 7.75. The van der Waals surface area contributed by atoms with Crippen LogP contribution in [0.25, 0.3) is 10.4 Å². The molecule has 3 rings (SSSR count). The number of aromatic nitrogens is 1. The summed E-state index contributed by atoms with van der Waals surface area (Å²) in [6, 6.07) is 19.8. The molecular weight excluding hydrogens is 318 g/mol. The number of nitrogens with one attached hydrogen (secondary N) is 1. The van der Waals surface area contributed by atoms with E-state index >= 15 is 0 Å². The predicted octanol–water partition coefficient (Wildman–Crippen LogP) is 5.04. The van der Waals surface area contributed by atoms with Gasteiger partial charge in [0.25, 0.3) is 0 Å². The molecule has 0 saturated carbocycles. The van der Waals surface area contributed by atoms with Crippen LogP contribution in [0.2, 0.25) is 0 Å². The van der Waals surface area contributed by atoms with E-state index in [0.29, 0.717) is 5.13 Å². The number of benzene rings is 2. The predicted molar refractivity (Wildman–Crippen MR) is 99.2 cm³/mol. The van der Waals surface area contributed by atoms with E-state index in [9.17, 15) is 4.79 Å². The van der Waals surface area contributed by atoms with Crippen LogP contribution in [0.1, 0.15) is 18.5 Å². The van der Waals surface area contributed by atoms with Crippen molar-refractivity contribution in [3.63, 3.8) is 0 Å². The Labute approximate surface area is 145 Å². The monoisotopic (exact) mass is 337 g/mol. The van der Waals surface area contributed by atoms with Gasteiger partial charge in [0.2, 0.25) is 0 Å². The summed E-state index contributed by atoms with van der Waals surface area (Å²) >= 11 is 1.47. The SMILES string of the molecule is CC(c1ccccc1)N(C)C(=O)Nc1ncc(-c2ccccc2)s1. The van der Waals surface area contributed by atoms with Crippen LogP contribution in [0.5, 0.6) is 0 Å². The van der Waals surface area contributed by atoms with Gasteiger partial charge in [-0.1, -0.05) is 72.0 Å². The first-order chi connectivity index (χ1) is 11.6. The van der Waals surface area contributed by atoms with E-state index in [1.807, 2.05) is 67.6 Å². The second-order valence-corrected chi connectivity index (χ2v) is 6.55. The topological polar surface area (TPSA) is 45.2 Å². The molecule has 3 aromatic rings. The number of amides is 2. The molecule has 0 aliphatic rings. The summed E-state index contributed by atoms with van der Waals surface area (Å²) in [6.45, 7) is 2.01. The van der Waals surface area contributed by atoms with Crippen molar-refractivity contribution in [1.82, 2.24) is 9.88 Å². The minimum atomic E-state index is -0.166. The average Bonchev–Trinajstić information content (AvgIpc) is 3.10. The molecule has 0 aliphatic heterocycles. The Bertz CT molecular complexity index is 802. The van der Waals surface area contributed by atoms with E-state index in [0.717, 1.165) is 16.0 Å². The van der Waals surface area contributed by atoms with Crippen LogP contribution in [0.3, 0.4) is 0 Å². The fourth-order valence-electron chi connectivity index (χ4n) is 2.38. The molecule has 0 aliphatic carbocycles. The van der Waals surface area contributed by atoms with Gasteiger partial charge < -0.3 is 4.90 Å². The van der Waals surface area contributed by atoms with Gasteiger partial charge in [-0.3, -0.25) is 5.32 Å². The minimum Gasteiger partial charge on any atom is -0.321 e. The number of carbonyl (C=O) groups is 1. The number of nitrogens with zero attached hydrogens (tertiary/aromatic N) is 2. The molecule has 24 heavy (non-hydrogen) atoms. The summed E-state index contributed by atoms with van der Waals surface area (Å²) in [6.07, 6.45) is 1.79. The largest absolute Gasteiger partial charge is 0.323 e. The molecule has 0 radical (unpaired) electrons. The Morgan fingerprint density at radius 1 is 1.08 bits per heavy atom. The molecule has 2 amide bonds. The average molecular weight is 337 g/mol. The van der Waals surface area contributed by atoms with Crippen molar-refractivity contribution in [2.75, 3.05) is 12.4 Å². The summed E-state index contributed by atoms with van der Waals surface area (Å²) < 4.78 is 0. The van der Waals surface area contributed by atoms with Gasteiger partial charge in [-0.05, 0) is 18.1 Å². The highest BCUT2D eigenvalue weighted by atomic mass is 32.1. The van der Waals surface area contributed by atoms with Crippen LogP contribution in [0.15, 0.2) is 66.9 Å². The number of urea groups is 1. The molecule has 0 saturated heterocycles. The maximum absolute atomic E-state index is 12.5. The summed E-state index contributed by atoms with van der Waals surface area (Å²) in [7, 11) is 1.79. The standard InChI is InChI=1S/C19H19N3OS/c1-14(15-9-5-3-6-10-15)22(2)19(23)21-18-20-13-17(24-18)16-11-7-4-8-12-16/h3-14H,1-2H3,(H,20,21,23). The van der Waals surface area contributed by atoms with Crippen molar-refractivity contribution < 1.29 is 4.79 Å². The van der Waals surface area contributed by atoms with Crippen molar-refractivity contribution >= 4 is 22.5 Å². The lowest BCUT2D eigenvalue weighted by molar-refractivity contribution is 0.208. The third-order valence-electron chi connectivity index (χ3n) is 3.96. The third-order valence-corrected chi connectivity index (χ3v) is 4.92. The van der Waals surface area contributed by atoms with Gasteiger partial charge in [0.1, 0.15) is 0 Å². The zero-order valence-corrected chi connectivity index (χ0v) is 14.5. The highest BCUT2D eigenvalue weighted by Crippen LogP contribution is 2.29. The second kappa shape index (κ2) is 7.27. The van der Waals surface area contributed by atoms with Crippen molar-refractivity contribution in [3.05, 3.63) is 72.4 Å². The molecule has 1 aromatic heterocycles. The van der Waals surface area contributed by atoms with Gasteiger partial charge in [-0.25, -0.2) is 9.78 Å². The molecule has 122 valence electrons. The molecule has 0 fully saturated rings. The van der Waals surface area contributed by atoms with E-state index in [-0.39, 0.29) is 12.1 Å². The van der Waals surface area contributed by atoms with Crippen molar-refractivity contribution in [3.8, 4) is 10.4 Å². The molecule has 1 N–H and O–H groups in total. The molecule has 5 heteroatoms. The van der Waals surface area contributed by atoms with Crippen LogP contribution in [-0.4, -0.2) is 23.0 Å². The maximum atomic E-state index is 12.5. The number of thiazole rings is 1. The summed E-state index contributed by atoms with van der Waals surface area (Å²) in [5, 5.41) is 3.48. The van der Waals surface area contributed by atoms with Gasteiger partial charge >= 0.3 is 6.03 Å². The number of anilines is 1. The van der Waals surface area contributed by atoms with Crippen molar-refractivity contribution in [1.29, 1.82) is 0 Å². The lowest BCUT2D eigenvalue weighted by Crippen LogP contribution is -2.33. The quantitative estimate of drug-likeness (QED) is 0.725. The highest BCUT2D eigenvalue weighted by Gasteiger charge is 2.18. The van der Waals surface area contributed by atoms with Gasteiger partial charge in [0.05, 0.1) is 10.9 Å². The molecule has 4 nitrogen and oxygen atoms in total. The maximum Gasteiger partial charge on any atom is 0.323 e. The molecule has 1 atom stereocenters. The molecule has 0 bridgehead atoms. The zero-order chi connectivity index (χ0) is 16.9. The van der Waals surface area contributed by atoms with E-state index in [1.165, 1.54) is 11.3 Å². The van der Waals surface area contributed by atoms with Crippen LogP contribution >= 0.6 is 11.3 Å². The first-order valence-corrected chi connectivity index (χ1v) is 8.57. The van der Waals surface area contributed by atoms with E-state index in [1.54, 1.807) is 18.1 Å². The van der Waals surface area contributed by atoms with Gasteiger partial charge in [0.15, 0.2) is 5.13 Å². The number of carbonyl (C=O) groups excluding carboxylic acids is 1. The van der Waals surface area contributed by atoms with E-state index in [4.69, 9.17) is 0 Å². The Morgan fingerprint density at radius 3 is 2.38 bits per heavy atom. The fraction of sp³-hybridized carbons (Fsp3) is 0.158. The van der Waals surface area contributed by atoms with Gasteiger partial charge in [0, 0.05) is 13.2 Å². The van der Waals surface area contributed by atoms with Crippen molar-refractivity contribution in [2.45, 2.75) is 13.0 Å². The summed E-state index contributed by atoms with van der Waals surface area (Å²) in [5.41, 5.74) is 2.20. The molecule has 0 spiro atoms. The molecule has 1 unspecified atom stereocenters. The third kappa shape index (κ3) is 3.63. The minimum absolute atomic E-state index is 0.0141. The summed E-state index contributed by atoms with van der Waals surface area (Å²) in [4.78, 5) is 19.5. The van der Waals surface area contributed by atoms with Crippen LogP contribution in [0.4, 0.5) is 9.93 Å². The molecule has 2 aromatic carbocycles. The van der Waals surface area contributed by atoms with Crippen LogP contribution < -0.4 is 5.32 Å². The van der Waals surface area contributed by atoms with E-state index in [2.05, 4.69) is 10.3 Å². The van der Waals surface area contributed by atoms with Crippen LogP contribution in [-0.2, 0) is 0 Å². The molecule has 1 heterocycles. The zero-order valence-electron chi connectivity index (χ0n) is 13.6. The Balaban J connectivity index is 1.68. The van der Waals surface area contributed by atoms with Gasteiger partial charge in [-0.15, -0.1) is 0 Å². The number of hydrogen-bond donors (Lipinski definition) is 1. The van der Waals surface area contributed by atoms with Crippen molar-refractivity contribution in [2.24, 2.45) is 0 Å². The van der Waals surface area contributed by atoms with E-state index < -0.39 is 0 Å². The van der Waals surface area contributed by atoms with Gasteiger partial charge in [-0.2, -0.15) is 0 Å². The normalized spacial score (nSPS) is 11.8. The smallest absolute Gasteiger partial charge is 0.321 e. The summed E-state index contributed by atoms with van der Waals surface area (Å²) in [5.74, 6) is 0.